The van der Waals surface area contributed by atoms with Crippen LogP contribution in [0.4, 0.5) is 0 Å². The zero-order valence-corrected chi connectivity index (χ0v) is 11.3. The Kier molecular flexibility index (Phi) is 6.59. The van der Waals surface area contributed by atoms with Gasteiger partial charge in [0.15, 0.2) is 0 Å². The lowest BCUT2D eigenvalue weighted by Crippen LogP contribution is -2.35. The first-order valence-corrected chi connectivity index (χ1v) is 7.30. The minimum absolute atomic E-state index is 0.0593. The van der Waals surface area contributed by atoms with Gasteiger partial charge < -0.3 is 4.90 Å². The first-order valence-electron chi connectivity index (χ1n) is 5.41. The predicted octanol–water partition coefficient (Wildman–Crippen LogP) is 0.430. The first-order chi connectivity index (χ1) is 7.22. The molecule has 1 N–H and O–H groups in total. The number of likely N-dealkylation sites (N-methyl/N-ethyl adjacent to an activating group) is 1. The maximum Gasteiger partial charge on any atom is 0.222 e. The molecule has 0 rings (SSSR count). The molecule has 0 aliphatic rings. The average Bonchev–Trinajstić information content (AvgIpc) is 2.11. The van der Waals surface area contributed by atoms with E-state index in [1.165, 1.54) is 0 Å². The number of carbonyl (C=O) groups excluding carboxylic acids is 1. The fourth-order valence-corrected chi connectivity index (χ4v) is 1.59. The molecule has 0 aromatic heterocycles. The summed E-state index contributed by atoms with van der Waals surface area (Å²) in [4.78, 5) is 13.1. The Hall–Kier alpha value is -0.620. The second-order valence-electron chi connectivity index (χ2n) is 4.41. The minimum Gasteiger partial charge on any atom is -0.344 e. The summed E-state index contributed by atoms with van der Waals surface area (Å²) in [7, 11) is -1.47. The highest BCUT2D eigenvalue weighted by atomic mass is 32.2. The molecule has 1 amide bonds. The molecular formula is C10H22N2O3S. The molecule has 5 nitrogen and oxygen atoms in total. The Morgan fingerprint density at radius 2 is 1.94 bits per heavy atom. The SMILES string of the molecule is CC(C)CCC(=O)N(C)CCNS(C)(=O)=O. The third-order valence-corrected chi connectivity index (χ3v) is 2.90. The van der Waals surface area contributed by atoms with Gasteiger partial charge in [0.1, 0.15) is 0 Å². The minimum atomic E-state index is -3.16. The summed E-state index contributed by atoms with van der Waals surface area (Å²) in [5.41, 5.74) is 0. The van der Waals surface area contributed by atoms with Crippen molar-refractivity contribution in [2.24, 2.45) is 5.92 Å². The number of hydrogen-bond acceptors (Lipinski definition) is 3. The maximum absolute atomic E-state index is 11.6. The number of hydrogen-bond donors (Lipinski definition) is 1. The highest BCUT2D eigenvalue weighted by Gasteiger charge is 2.09. The average molecular weight is 250 g/mol. The van der Waals surface area contributed by atoms with Crippen molar-refractivity contribution < 1.29 is 13.2 Å². The summed E-state index contributed by atoms with van der Waals surface area (Å²) in [6.45, 7) is 4.81. The number of nitrogens with zero attached hydrogens (tertiary/aromatic N) is 1. The fourth-order valence-electron chi connectivity index (χ4n) is 1.13. The van der Waals surface area contributed by atoms with Gasteiger partial charge in [-0.1, -0.05) is 13.8 Å². The van der Waals surface area contributed by atoms with Gasteiger partial charge in [-0.3, -0.25) is 4.79 Å². The van der Waals surface area contributed by atoms with E-state index in [4.69, 9.17) is 0 Å². The summed E-state index contributed by atoms with van der Waals surface area (Å²) >= 11 is 0. The van der Waals surface area contributed by atoms with Gasteiger partial charge in [0.05, 0.1) is 6.26 Å². The summed E-state index contributed by atoms with van der Waals surface area (Å²) < 4.78 is 23.9. The summed E-state index contributed by atoms with van der Waals surface area (Å²) in [6.07, 6.45) is 2.49. The van der Waals surface area contributed by atoms with E-state index in [1.54, 1.807) is 11.9 Å². The van der Waals surface area contributed by atoms with Crippen molar-refractivity contribution >= 4 is 15.9 Å². The van der Waals surface area contributed by atoms with Gasteiger partial charge >= 0.3 is 0 Å². The number of amides is 1. The van der Waals surface area contributed by atoms with E-state index in [1.807, 2.05) is 0 Å². The second kappa shape index (κ2) is 6.85. The Morgan fingerprint density at radius 3 is 2.38 bits per heavy atom. The molecule has 0 unspecified atom stereocenters. The van der Waals surface area contributed by atoms with Crippen LogP contribution >= 0.6 is 0 Å². The van der Waals surface area contributed by atoms with E-state index in [0.29, 0.717) is 18.9 Å². The van der Waals surface area contributed by atoms with Crippen LogP contribution in [0.1, 0.15) is 26.7 Å². The van der Waals surface area contributed by atoms with Crippen LogP contribution in [0.15, 0.2) is 0 Å². The first kappa shape index (κ1) is 15.4. The van der Waals surface area contributed by atoms with Gasteiger partial charge in [0.2, 0.25) is 15.9 Å². The third kappa shape index (κ3) is 8.67. The predicted molar refractivity (Wildman–Crippen MR) is 64.6 cm³/mol. The van der Waals surface area contributed by atoms with E-state index in [9.17, 15) is 13.2 Å². The van der Waals surface area contributed by atoms with Crippen LogP contribution in [0, 0.1) is 5.92 Å². The number of carbonyl (C=O) groups is 1. The fraction of sp³-hybridized carbons (Fsp3) is 0.900. The number of sulfonamides is 1. The Bertz CT molecular complexity index is 312. The number of rotatable bonds is 7. The smallest absolute Gasteiger partial charge is 0.222 e. The molecule has 6 heteroatoms. The third-order valence-electron chi connectivity index (χ3n) is 2.17. The Morgan fingerprint density at radius 1 is 1.38 bits per heavy atom. The van der Waals surface area contributed by atoms with E-state index in [-0.39, 0.29) is 12.5 Å². The lowest BCUT2D eigenvalue weighted by atomic mass is 10.1. The topological polar surface area (TPSA) is 66.5 Å². The molecule has 0 aromatic rings. The van der Waals surface area contributed by atoms with Gasteiger partial charge in [-0.2, -0.15) is 0 Å². The van der Waals surface area contributed by atoms with Crippen LogP contribution in [0.3, 0.4) is 0 Å². The van der Waals surface area contributed by atoms with Crippen molar-refractivity contribution in [3.63, 3.8) is 0 Å². The molecular weight excluding hydrogens is 228 g/mol. The van der Waals surface area contributed by atoms with E-state index in [2.05, 4.69) is 18.6 Å². The monoisotopic (exact) mass is 250 g/mol. The normalized spacial score (nSPS) is 11.8. The molecule has 0 spiro atoms. The second-order valence-corrected chi connectivity index (χ2v) is 6.25. The van der Waals surface area contributed by atoms with Crippen LogP contribution in [-0.2, 0) is 14.8 Å². The van der Waals surface area contributed by atoms with Gasteiger partial charge in [0, 0.05) is 26.6 Å². The highest BCUT2D eigenvalue weighted by molar-refractivity contribution is 7.88. The van der Waals surface area contributed by atoms with Crippen molar-refractivity contribution in [3.8, 4) is 0 Å². The van der Waals surface area contributed by atoms with Crippen LogP contribution in [0.25, 0.3) is 0 Å². The van der Waals surface area contributed by atoms with Crippen molar-refractivity contribution in [2.75, 3.05) is 26.4 Å². The van der Waals surface area contributed by atoms with E-state index < -0.39 is 10.0 Å². The van der Waals surface area contributed by atoms with Crippen molar-refractivity contribution in [2.45, 2.75) is 26.7 Å². The van der Waals surface area contributed by atoms with E-state index >= 15 is 0 Å². The lowest BCUT2D eigenvalue weighted by Gasteiger charge is -2.17. The zero-order chi connectivity index (χ0) is 12.8. The molecule has 0 heterocycles. The van der Waals surface area contributed by atoms with Gasteiger partial charge in [-0.15, -0.1) is 0 Å². The molecule has 0 atom stereocenters. The van der Waals surface area contributed by atoms with Crippen molar-refractivity contribution in [3.05, 3.63) is 0 Å². The molecule has 0 bridgehead atoms. The molecule has 0 saturated carbocycles. The standard InChI is InChI=1S/C10H22N2O3S/c1-9(2)5-6-10(13)12(3)8-7-11-16(4,14)15/h9,11H,5-8H2,1-4H3. The highest BCUT2D eigenvalue weighted by Crippen LogP contribution is 2.05. The quantitative estimate of drug-likeness (QED) is 0.712. The molecule has 0 fully saturated rings. The van der Waals surface area contributed by atoms with Gasteiger partial charge in [-0.25, -0.2) is 13.1 Å². The van der Waals surface area contributed by atoms with Crippen molar-refractivity contribution in [1.82, 2.24) is 9.62 Å². The Labute approximate surface area is 98.3 Å². The Balaban J connectivity index is 3.80. The molecule has 96 valence electrons. The molecule has 0 radical (unpaired) electrons. The van der Waals surface area contributed by atoms with Crippen LogP contribution < -0.4 is 4.72 Å². The van der Waals surface area contributed by atoms with Crippen LogP contribution in [0.5, 0.6) is 0 Å². The molecule has 0 aliphatic carbocycles. The number of nitrogens with one attached hydrogen (secondary N) is 1. The molecule has 0 aliphatic heterocycles. The lowest BCUT2D eigenvalue weighted by molar-refractivity contribution is -0.130. The molecule has 0 aromatic carbocycles. The molecule has 0 saturated heterocycles. The maximum atomic E-state index is 11.6. The zero-order valence-electron chi connectivity index (χ0n) is 10.5. The van der Waals surface area contributed by atoms with Crippen LogP contribution in [-0.4, -0.2) is 45.6 Å². The van der Waals surface area contributed by atoms with Crippen LogP contribution in [0.2, 0.25) is 0 Å². The largest absolute Gasteiger partial charge is 0.344 e. The van der Waals surface area contributed by atoms with E-state index in [0.717, 1.165) is 12.7 Å². The summed E-state index contributed by atoms with van der Waals surface area (Å²) in [6, 6.07) is 0. The van der Waals surface area contributed by atoms with Crippen molar-refractivity contribution in [1.29, 1.82) is 0 Å². The molecule has 16 heavy (non-hydrogen) atoms. The van der Waals surface area contributed by atoms with Gasteiger partial charge in [-0.05, 0) is 12.3 Å². The summed E-state index contributed by atoms with van der Waals surface area (Å²) in [5.74, 6) is 0.565. The van der Waals surface area contributed by atoms with Gasteiger partial charge in [0.25, 0.3) is 0 Å². The summed E-state index contributed by atoms with van der Waals surface area (Å²) in [5, 5.41) is 0.